The van der Waals surface area contributed by atoms with E-state index in [0.717, 1.165) is 21.7 Å². The maximum absolute atomic E-state index is 12.8. The van der Waals surface area contributed by atoms with Gasteiger partial charge in [-0.05, 0) is 34.5 Å². The predicted octanol–water partition coefficient (Wildman–Crippen LogP) is 3.98. The molecule has 1 amide bonds. The van der Waals surface area contributed by atoms with Crippen molar-refractivity contribution in [3.8, 4) is 0 Å². The number of carbonyl (C=O) groups is 1. The molecule has 1 aromatic heterocycles. The lowest BCUT2D eigenvalue weighted by Gasteiger charge is -2.12. The lowest BCUT2D eigenvalue weighted by Crippen LogP contribution is -2.22. The number of pyridine rings is 1. The molecule has 4 aromatic rings. The van der Waals surface area contributed by atoms with Crippen LogP contribution in [0.15, 0.2) is 77.7 Å². The summed E-state index contributed by atoms with van der Waals surface area (Å²) in [5, 5.41) is 6.47. The molecule has 0 unspecified atom stereocenters. The number of nitrogens with one attached hydrogen (secondary N) is 1. The van der Waals surface area contributed by atoms with Crippen molar-refractivity contribution in [1.29, 1.82) is 0 Å². The van der Waals surface area contributed by atoms with Gasteiger partial charge in [0.2, 0.25) is 5.91 Å². The SMILES string of the molecule is COCCn1ccc2c(NC(=O)Cc3cccc4ccccc34)cccc2c1=O. The Bertz CT molecular complexity index is 1240. The van der Waals surface area contributed by atoms with Crippen molar-refractivity contribution in [3.63, 3.8) is 0 Å². The van der Waals surface area contributed by atoms with Gasteiger partial charge in [0, 0.05) is 36.3 Å². The second kappa shape index (κ2) is 8.29. The minimum absolute atomic E-state index is 0.0929. The van der Waals surface area contributed by atoms with Crippen LogP contribution in [0.25, 0.3) is 21.5 Å². The summed E-state index contributed by atoms with van der Waals surface area (Å²) in [6, 6.07) is 21.3. The van der Waals surface area contributed by atoms with Crippen molar-refractivity contribution in [2.75, 3.05) is 19.0 Å². The van der Waals surface area contributed by atoms with Crippen LogP contribution < -0.4 is 10.9 Å². The first kappa shape index (κ1) is 18.9. The summed E-state index contributed by atoms with van der Waals surface area (Å²) in [6.45, 7) is 0.954. The fourth-order valence-electron chi connectivity index (χ4n) is 3.61. The van der Waals surface area contributed by atoms with Crippen LogP contribution in [0.3, 0.4) is 0 Å². The quantitative estimate of drug-likeness (QED) is 0.545. The predicted molar refractivity (Wildman–Crippen MR) is 116 cm³/mol. The highest BCUT2D eigenvalue weighted by Crippen LogP contribution is 2.22. The molecule has 5 heteroatoms. The Morgan fingerprint density at radius 3 is 2.55 bits per heavy atom. The molecule has 0 spiro atoms. The molecule has 0 aliphatic carbocycles. The Balaban J connectivity index is 1.61. The second-order valence-corrected chi connectivity index (χ2v) is 6.94. The van der Waals surface area contributed by atoms with E-state index < -0.39 is 0 Å². The van der Waals surface area contributed by atoms with Gasteiger partial charge in [0.1, 0.15) is 0 Å². The monoisotopic (exact) mass is 386 g/mol. The van der Waals surface area contributed by atoms with Gasteiger partial charge in [0.15, 0.2) is 0 Å². The number of methoxy groups -OCH3 is 1. The van der Waals surface area contributed by atoms with E-state index >= 15 is 0 Å². The van der Waals surface area contributed by atoms with Gasteiger partial charge in [-0.15, -0.1) is 0 Å². The minimum atomic E-state index is -0.114. The molecule has 1 N–H and O–H groups in total. The van der Waals surface area contributed by atoms with Crippen molar-refractivity contribution in [1.82, 2.24) is 4.57 Å². The van der Waals surface area contributed by atoms with E-state index in [9.17, 15) is 9.59 Å². The maximum atomic E-state index is 12.8. The highest BCUT2D eigenvalue weighted by atomic mass is 16.5. The number of rotatable bonds is 6. The molecular weight excluding hydrogens is 364 g/mol. The van der Waals surface area contributed by atoms with Crippen LogP contribution in [0.4, 0.5) is 5.69 Å². The molecule has 0 radical (unpaired) electrons. The number of carbonyl (C=O) groups excluding carboxylic acids is 1. The van der Waals surface area contributed by atoms with E-state index in [4.69, 9.17) is 4.74 Å². The second-order valence-electron chi connectivity index (χ2n) is 6.94. The van der Waals surface area contributed by atoms with Crippen molar-refractivity contribution in [2.45, 2.75) is 13.0 Å². The molecule has 0 bridgehead atoms. The third-order valence-electron chi connectivity index (χ3n) is 5.06. The molecule has 0 saturated heterocycles. The van der Waals surface area contributed by atoms with Gasteiger partial charge < -0.3 is 14.6 Å². The Morgan fingerprint density at radius 2 is 1.69 bits per heavy atom. The number of hydrogen-bond donors (Lipinski definition) is 1. The largest absolute Gasteiger partial charge is 0.383 e. The van der Waals surface area contributed by atoms with Gasteiger partial charge in [-0.25, -0.2) is 0 Å². The molecule has 0 aliphatic rings. The van der Waals surface area contributed by atoms with Crippen LogP contribution in [0.1, 0.15) is 5.56 Å². The first-order chi connectivity index (χ1) is 14.2. The van der Waals surface area contributed by atoms with Crippen molar-refractivity contribution >= 4 is 33.1 Å². The molecule has 0 aliphatic heterocycles. The van der Waals surface area contributed by atoms with Crippen LogP contribution in [0.2, 0.25) is 0 Å². The first-order valence-corrected chi connectivity index (χ1v) is 9.55. The lowest BCUT2D eigenvalue weighted by atomic mass is 10.0. The molecule has 4 rings (SSSR count). The number of fused-ring (bicyclic) bond motifs is 2. The fourth-order valence-corrected chi connectivity index (χ4v) is 3.61. The zero-order valence-corrected chi connectivity index (χ0v) is 16.2. The van der Waals surface area contributed by atoms with E-state index in [2.05, 4.69) is 5.32 Å². The van der Waals surface area contributed by atoms with E-state index in [1.54, 1.807) is 30.0 Å². The summed E-state index contributed by atoms with van der Waals surface area (Å²) in [4.78, 5) is 25.5. The fraction of sp³-hybridized carbons (Fsp3) is 0.167. The standard InChI is InChI=1S/C24H22N2O3/c1-29-15-14-26-13-12-20-21(24(26)28)10-5-11-22(20)25-23(27)16-18-8-4-7-17-6-2-3-9-19(17)18/h2-13H,14-16H2,1H3,(H,25,27). The van der Waals surface area contributed by atoms with Gasteiger partial charge in [0.25, 0.3) is 5.56 Å². The van der Waals surface area contributed by atoms with E-state index in [1.807, 2.05) is 54.6 Å². The zero-order valence-electron chi connectivity index (χ0n) is 16.2. The van der Waals surface area contributed by atoms with Crippen molar-refractivity contribution < 1.29 is 9.53 Å². The molecule has 5 nitrogen and oxygen atoms in total. The summed E-state index contributed by atoms with van der Waals surface area (Å²) in [5.41, 5.74) is 1.52. The van der Waals surface area contributed by atoms with Crippen molar-refractivity contribution in [3.05, 3.63) is 88.8 Å². The Kier molecular flexibility index (Phi) is 5.40. The average Bonchev–Trinajstić information content (AvgIpc) is 2.74. The number of amides is 1. The number of nitrogens with zero attached hydrogens (tertiary/aromatic N) is 1. The molecule has 0 fully saturated rings. The zero-order chi connectivity index (χ0) is 20.2. The smallest absolute Gasteiger partial charge is 0.258 e. The van der Waals surface area contributed by atoms with Gasteiger partial charge in [0.05, 0.1) is 13.0 Å². The highest BCUT2D eigenvalue weighted by molar-refractivity contribution is 6.03. The minimum Gasteiger partial charge on any atom is -0.383 e. The van der Waals surface area contributed by atoms with E-state index in [1.165, 1.54) is 0 Å². The number of anilines is 1. The van der Waals surface area contributed by atoms with E-state index in [0.29, 0.717) is 24.2 Å². The molecular formula is C24H22N2O3. The Labute approximate surface area is 168 Å². The van der Waals surface area contributed by atoms with Crippen LogP contribution in [-0.2, 0) is 22.5 Å². The van der Waals surface area contributed by atoms with Crippen LogP contribution >= 0.6 is 0 Å². The Hall–Kier alpha value is -3.44. The molecule has 146 valence electrons. The molecule has 29 heavy (non-hydrogen) atoms. The Morgan fingerprint density at radius 1 is 0.931 bits per heavy atom. The molecule has 0 atom stereocenters. The molecule has 0 saturated carbocycles. The van der Waals surface area contributed by atoms with Gasteiger partial charge in [-0.2, -0.15) is 0 Å². The average molecular weight is 386 g/mol. The third kappa shape index (κ3) is 3.91. The number of benzene rings is 3. The highest BCUT2D eigenvalue weighted by Gasteiger charge is 2.11. The summed E-state index contributed by atoms with van der Waals surface area (Å²) in [6.07, 6.45) is 2.01. The van der Waals surface area contributed by atoms with Gasteiger partial charge in [-0.3, -0.25) is 9.59 Å². The molecule has 3 aromatic carbocycles. The summed E-state index contributed by atoms with van der Waals surface area (Å²) >= 11 is 0. The molecule has 1 heterocycles. The van der Waals surface area contributed by atoms with Crippen LogP contribution in [-0.4, -0.2) is 24.2 Å². The van der Waals surface area contributed by atoms with Crippen LogP contribution in [0.5, 0.6) is 0 Å². The topological polar surface area (TPSA) is 60.3 Å². The summed E-state index contributed by atoms with van der Waals surface area (Å²) in [7, 11) is 1.61. The number of aromatic nitrogens is 1. The number of ether oxygens (including phenoxy) is 1. The summed E-state index contributed by atoms with van der Waals surface area (Å²) in [5.74, 6) is -0.114. The van der Waals surface area contributed by atoms with E-state index in [-0.39, 0.29) is 17.9 Å². The third-order valence-corrected chi connectivity index (χ3v) is 5.06. The van der Waals surface area contributed by atoms with Gasteiger partial charge >= 0.3 is 0 Å². The number of hydrogen-bond acceptors (Lipinski definition) is 3. The van der Waals surface area contributed by atoms with Crippen LogP contribution in [0, 0.1) is 0 Å². The lowest BCUT2D eigenvalue weighted by molar-refractivity contribution is -0.115. The normalized spacial score (nSPS) is 11.1. The van der Waals surface area contributed by atoms with Crippen molar-refractivity contribution in [2.24, 2.45) is 0 Å². The maximum Gasteiger partial charge on any atom is 0.258 e. The summed E-state index contributed by atoms with van der Waals surface area (Å²) < 4.78 is 6.68. The van der Waals surface area contributed by atoms with Gasteiger partial charge in [-0.1, -0.05) is 48.5 Å². The first-order valence-electron chi connectivity index (χ1n) is 9.55.